The molecule has 0 heterocycles. The number of carboxylic acids is 1. The molecule has 4 aliphatic rings. The third kappa shape index (κ3) is 5.31. The van der Waals surface area contributed by atoms with Gasteiger partial charge in [-0.3, -0.25) is 0 Å². The van der Waals surface area contributed by atoms with E-state index >= 15 is 0 Å². The fraction of sp³-hybridized carbons (Fsp3) is 0.906. The zero-order valence-electron chi connectivity index (χ0n) is 24.2. The summed E-state index contributed by atoms with van der Waals surface area (Å²) in [5.41, 5.74) is 0.973. The summed E-state index contributed by atoms with van der Waals surface area (Å²) < 4.78 is 12.4. The fourth-order valence-electron chi connectivity index (χ4n) is 10.3. The van der Waals surface area contributed by atoms with E-state index in [9.17, 15) is 9.90 Å². The Morgan fingerprint density at radius 1 is 1.05 bits per heavy atom. The molecule has 0 spiro atoms. The minimum Gasteiger partial charge on any atom is -0.478 e. The van der Waals surface area contributed by atoms with Crippen LogP contribution in [-0.4, -0.2) is 48.7 Å². The lowest BCUT2D eigenvalue weighted by Crippen LogP contribution is -2.62. The number of fused-ring (bicyclic) bond motifs is 5. The SMILES string of the molecule is C=C(CCCOCC[C@@H](C)[C@H]1CC[C@H]2[C@@H]3[C@H](OC)[C@H](CC)[C@@H]4C[C@H](O)CC[C@]4(C)[C@H]3CC[C@]12C)C(=O)O. The maximum atomic E-state index is 10.9. The monoisotopic (exact) mass is 518 g/mol. The van der Waals surface area contributed by atoms with Crippen molar-refractivity contribution in [2.75, 3.05) is 20.3 Å². The first-order chi connectivity index (χ1) is 17.6. The van der Waals surface area contributed by atoms with Crippen molar-refractivity contribution in [3.63, 3.8) is 0 Å². The molecule has 4 fully saturated rings. The molecule has 37 heavy (non-hydrogen) atoms. The van der Waals surface area contributed by atoms with Crippen molar-refractivity contribution < 1.29 is 24.5 Å². The predicted octanol–water partition coefficient (Wildman–Crippen LogP) is 6.73. The quantitative estimate of drug-likeness (QED) is 0.234. The molecule has 0 aromatic heterocycles. The molecular weight excluding hydrogens is 464 g/mol. The first-order valence-electron chi connectivity index (χ1n) is 15.3. The van der Waals surface area contributed by atoms with Gasteiger partial charge in [0.1, 0.15) is 0 Å². The number of aliphatic hydroxyl groups excluding tert-OH is 1. The molecule has 0 amide bonds. The molecule has 0 bridgehead atoms. The van der Waals surface area contributed by atoms with Crippen LogP contribution in [0.1, 0.15) is 98.3 Å². The van der Waals surface area contributed by atoms with E-state index in [1.165, 1.54) is 32.1 Å². The van der Waals surface area contributed by atoms with Gasteiger partial charge in [-0.2, -0.15) is 0 Å². The molecule has 4 rings (SSSR count). The summed E-state index contributed by atoms with van der Waals surface area (Å²) in [5.74, 6) is 3.66. The van der Waals surface area contributed by atoms with E-state index in [4.69, 9.17) is 14.6 Å². The van der Waals surface area contributed by atoms with Crippen molar-refractivity contribution in [1.82, 2.24) is 0 Å². The number of ether oxygens (including phenoxy) is 2. The first kappa shape index (κ1) is 29.1. The van der Waals surface area contributed by atoms with Gasteiger partial charge in [0.05, 0.1) is 12.2 Å². The average molecular weight is 519 g/mol. The Morgan fingerprint density at radius 2 is 1.76 bits per heavy atom. The van der Waals surface area contributed by atoms with Gasteiger partial charge in [-0.05, 0) is 116 Å². The number of aliphatic carboxylic acids is 1. The van der Waals surface area contributed by atoms with Crippen LogP contribution in [0, 0.1) is 52.3 Å². The summed E-state index contributed by atoms with van der Waals surface area (Å²) in [4.78, 5) is 10.9. The molecule has 0 aromatic rings. The number of methoxy groups -OCH3 is 1. The van der Waals surface area contributed by atoms with Crippen LogP contribution in [0.25, 0.3) is 0 Å². The minimum absolute atomic E-state index is 0.134. The Bertz CT molecular complexity index is 811. The molecule has 0 unspecified atom stereocenters. The topological polar surface area (TPSA) is 76.0 Å². The lowest BCUT2D eigenvalue weighted by molar-refractivity contribution is -0.211. The van der Waals surface area contributed by atoms with Crippen molar-refractivity contribution in [3.8, 4) is 0 Å². The molecular formula is C32H54O5. The van der Waals surface area contributed by atoms with Gasteiger partial charge in [-0.15, -0.1) is 0 Å². The van der Waals surface area contributed by atoms with Crippen molar-refractivity contribution in [3.05, 3.63) is 12.2 Å². The van der Waals surface area contributed by atoms with E-state index in [0.29, 0.717) is 59.6 Å². The molecule has 0 aromatic carbocycles. The summed E-state index contributed by atoms with van der Waals surface area (Å²) in [6.45, 7) is 14.9. The zero-order valence-corrected chi connectivity index (χ0v) is 24.2. The van der Waals surface area contributed by atoms with E-state index in [2.05, 4.69) is 34.3 Å². The third-order valence-corrected chi connectivity index (χ3v) is 12.2. The fourth-order valence-corrected chi connectivity index (χ4v) is 10.3. The molecule has 5 heteroatoms. The molecule has 0 saturated heterocycles. The Hall–Kier alpha value is -0.910. The minimum atomic E-state index is -0.906. The van der Waals surface area contributed by atoms with Crippen LogP contribution >= 0.6 is 0 Å². The Balaban J connectivity index is 1.42. The zero-order chi connectivity index (χ0) is 27.0. The van der Waals surface area contributed by atoms with Crippen LogP contribution in [-0.2, 0) is 14.3 Å². The van der Waals surface area contributed by atoms with Gasteiger partial charge in [0.25, 0.3) is 0 Å². The van der Waals surface area contributed by atoms with Gasteiger partial charge >= 0.3 is 5.97 Å². The first-order valence-corrected chi connectivity index (χ1v) is 15.3. The van der Waals surface area contributed by atoms with Crippen LogP contribution in [0.5, 0.6) is 0 Å². The van der Waals surface area contributed by atoms with Gasteiger partial charge in [-0.1, -0.05) is 40.7 Å². The maximum absolute atomic E-state index is 10.9. The van der Waals surface area contributed by atoms with Gasteiger partial charge < -0.3 is 19.7 Å². The summed E-state index contributed by atoms with van der Waals surface area (Å²) in [6, 6.07) is 0. The lowest BCUT2D eigenvalue weighted by Gasteiger charge is -2.65. The molecule has 11 atom stereocenters. The second-order valence-electron chi connectivity index (χ2n) is 13.7. The molecule has 5 nitrogen and oxygen atoms in total. The standard InChI is InChI=1S/C32H54O5/c1-7-23-27-19-22(33)12-15-32(27,5)26-13-16-31(4)24(10-11-25(31)28(26)29(23)36-6)20(2)14-18-37-17-8-9-21(3)30(34)35/h20,22-29,33H,3,7-19H2,1-2,4-6H3,(H,34,35)/t20-,22-,23-,24-,25+,26+,27+,28+,29-,31-,32-/m1/s1. The summed E-state index contributed by atoms with van der Waals surface area (Å²) in [5, 5.41) is 19.6. The molecule has 0 radical (unpaired) electrons. The predicted molar refractivity (Wildman–Crippen MR) is 147 cm³/mol. The van der Waals surface area contributed by atoms with Crippen LogP contribution in [0.15, 0.2) is 12.2 Å². The number of carboxylic acid groups (broad SMARTS) is 1. The van der Waals surface area contributed by atoms with Gasteiger partial charge in [-0.25, -0.2) is 4.79 Å². The number of hydrogen-bond donors (Lipinski definition) is 2. The summed E-state index contributed by atoms with van der Waals surface area (Å²) >= 11 is 0. The summed E-state index contributed by atoms with van der Waals surface area (Å²) in [7, 11) is 1.95. The lowest BCUT2D eigenvalue weighted by atomic mass is 9.41. The second kappa shape index (κ2) is 11.7. The van der Waals surface area contributed by atoms with Crippen molar-refractivity contribution >= 4 is 5.97 Å². The molecule has 4 aliphatic carbocycles. The number of aliphatic hydroxyl groups is 1. The largest absolute Gasteiger partial charge is 0.478 e. The highest BCUT2D eigenvalue weighted by Crippen LogP contribution is 2.69. The molecule has 4 saturated carbocycles. The molecule has 2 N–H and O–H groups in total. The smallest absolute Gasteiger partial charge is 0.330 e. The van der Waals surface area contributed by atoms with E-state index in [1.54, 1.807) is 0 Å². The highest BCUT2D eigenvalue weighted by atomic mass is 16.5. The van der Waals surface area contributed by atoms with Gasteiger partial charge in [0, 0.05) is 25.9 Å². The number of hydrogen-bond acceptors (Lipinski definition) is 4. The van der Waals surface area contributed by atoms with Crippen LogP contribution in [0.4, 0.5) is 0 Å². The van der Waals surface area contributed by atoms with Crippen molar-refractivity contribution in [2.24, 2.45) is 52.3 Å². The normalized spacial score (nSPS) is 43.9. The van der Waals surface area contributed by atoms with Crippen molar-refractivity contribution in [2.45, 2.75) is 111 Å². The van der Waals surface area contributed by atoms with E-state index in [0.717, 1.165) is 50.5 Å². The summed E-state index contributed by atoms with van der Waals surface area (Å²) in [6.07, 6.45) is 12.0. The van der Waals surface area contributed by atoms with Crippen molar-refractivity contribution in [1.29, 1.82) is 0 Å². The Morgan fingerprint density at radius 3 is 2.43 bits per heavy atom. The van der Waals surface area contributed by atoms with E-state index in [-0.39, 0.29) is 11.7 Å². The van der Waals surface area contributed by atoms with Crippen LogP contribution < -0.4 is 0 Å². The number of rotatable bonds is 11. The van der Waals surface area contributed by atoms with Gasteiger partial charge in [0.2, 0.25) is 0 Å². The second-order valence-corrected chi connectivity index (χ2v) is 13.7. The number of carbonyl (C=O) groups is 1. The van der Waals surface area contributed by atoms with Crippen LogP contribution in [0.3, 0.4) is 0 Å². The Kier molecular flexibility index (Phi) is 9.18. The van der Waals surface area contributed by atoms with E-state index < -0.39 is 5.97 Å². The molecule has 212 valence electrons. The molecule has 0 aliphatic heterocycles. The van der Waals surface area contributed by atoms with E-state index in [1.807, 2.05) is 7.11 Å². The van der Waals surface area contributed by atoms with Gasteiger partial charge in [0.15, 0.2) is 0 Å². The maximum Gasteiger partial charge on any atom is 0.330 e. The van der Waals surface area contributed by atoms with Crippen LogP contribution in [0.2, 0.25) is 0 Å². The third-order valence-electron chi connectivity index (χ3n) is 12.2. The highest BCUT2D eigenvalue weighted by molar-refractivity contribution is 5.85. The highest BCUT2D eigenvalue weighted by Gasteiger charge is 2.65. The Labute approximate surface area is 225 Å². The average Bonchev–Trinajstić information content (AvgIpc) is 3.22.